The molecule has 0 aliphatic carbocycles. The van der Waals surface area contributed by atoms with Crippen molar-refractivity contribution in [3.05, 3.63) is 0 Å². The molecule has 1 amide bonds. The van der Waals surface area contributed by atoms with Crippen molar-refractivity contribution in [1.82, 2.24) is 10.2 Å². The summed E-state index contributed by atoms with van der Waals surface area (Å²) in [7, 11) is -3.28. The van der Waals surface area contributed by atoms with Crippen molar-refractivity contribution >= 4 is 15.7 Å². The lowest BCUT2D eigenvalue weighted by molar-refractivity contribution is -0.119. The maximum atomic E-state index is 12.0. The first-order valence-electron chi connectivity index (χ1n) is 8.72. The lowest BCUT2D eigenvalue weighted by atomic mass is 9.92. The van der Waals surface area contributed by atoms with E-state index in [1.807, 2.05) is 0 Å². The highest BCUT2D eigenvalue weighted by molar-refractivity contribution is 7.92. The largest absolute Gasteiger partial charge is 0.379 e. The fourth-order valence-corrected chi connectivity index (χ4v) is 4.46. The standard InChI is InChI=1S/C16H32N2O4S/c1-4-11-23(20,21)13-16(19)17-12-15(14(5-2)6-3)18-7-9-22-10-8-18/h14-15H,4-13H2,1-3H3,(H,17,19). The Morgan fingerprint density at radius 2 is 1.78 bits per heavy atom. The van der Waals surface area contributed by atoms with Gasteiger partial charge in [-0.05, 0) is 12.3 Å². The molecule has 1 aliphatic heterocycles. The minimum absolute atomic E-state index is 0.0693. The van der Waals surface area contributed by atoms with E-state index in [2.05, 4.69) is 24.1 Å². The fraction of sp³-hybridized carbons (Fsp3) is 0.938. The minimum atomic E-state index is -3.28. The number of hydrogen-bond acceptors (Lipinski definition) is 5. The summed E-state index contributed by atoms with van der Waals surface area (Å²) in [5, 5.41) is 2.84. The molecule has 7 heteroatoms. The van der Waals surface area contributed by atoms with Gasteiger partial charge in [-0.2, -0.15) is 0 Å². The Labute approximate surface area is 140 Å². The summed E-state index contributed by atoms with van der Waals surface area (Å²) in [4.78, 5) is 14.3. The Morgan fingerprint density at radius 3 is 2.30 bits per heavy atom. The number of carbonyl (C=O) groups is 1. The summed E-state index contributed by atoms with van der Waals surface area (Å²) in [6.45, 7) is 9.80. The molecule has 1 N–H and O–H groups in total. The number of rotatable bonds is 10. The molecule has 1 atom stereocenters. The number of morpholine rings is 1. The molecule has 1 rings (SSSR count). The zero-order valence-electron chi connectivity index (χ0n) is 14.7. The number of carbonyl (C=O) groups excluding carboxylic acids is 1. The predicted octanol–water partition coefficient (Wildman–Crippen LogP) is 1.06. The van der Waals surface area contributed by atoms with Gasteiger partial charge >= 0.3 is 0 Å². The molecule has 6 nitrogen and oxygen atoms in total. The van der Waals surface area contributed by atoms with Crippen LogP contribution in [0.2, 0.25) is 0 Å². The van der Waals surface area contributed by atoms with Crippen LogP contribution in [0.4, 0.5) is 0 Å². The van der Waals surface area contributed by atoms with E-state index >= 15 is 0 Å². The molecule has 1 aliphatic rings. The van der Waals surface area contributed by atoms with Crippen LogP contribution >= 0.6 is 0 Å². The molecule has 1 fully saturated rings. The third kappa shape index (κ3) is 7.18. The zero-order chi connectivity index (χ0) is 17.3. The normalized spacial score (nSPS) is 18.1. The van der Waals surface area contributed by atoms with Crippen LogP contribution in [0.1, 0.15) is 40.0 Å². The van der Waals surface area contributed by atoms with Crippen molar-refractivity contribution in [2.24, 2.45) is 5.92 Å². The van der Waals surface area contributed by atoms with Gasteiger partial charge in [0.1, 0.15) is 5.75 Å². The predicted molar refractivity (Wildman–Crippen MR) is 92.2 cm³/mol. The molecule has 0 radical (unpaired) electrons. The highest BCUT2D eigenvalue weighted by atomic mass is 32.2. The van der Waals surface area contributed by atoms with Crippen LogP contribution in [0.5, 0.6) is 0 Å². The first-order chi connectivity index (χ1) is 10.9. The highest BCUT2D eigenvalue weighted by Crippen LogP contribution is 2.19. The van der Waals surface area contributed by atoms with E-state index in [4.69, 9.17) is 4.74 Å². The van der Waals surface area contributed by atoms with Gasteiger partial charge in [-0.15, -0.1) is 0 Å². The van der Waals surface area contributed by atoms with Crippen LogP contribution in [0.3, 0.4) is 0 Å². The van der Waals surface area contributed by atoms with Crippen molar-refractivity contribution in [2.45, 2.75) is 46.1 Å². The number of hydrogen-bond donors (Lipinski definition) is 1. The van der Waals surface area contributed by atoms with Crippen LogP contribution in [0.15, 0.2) is 0 Å². The van der Waals surface area contributed by atoms with Crippen molar-refractivity contribution in [1.29, 1.82) is 0 Å². The molecule has 0 aromatic carbocycles. The van der Waals surface area contributed by atoms with E-state index in [9.17, 15) is 13.2 Å². The summed E-state index contributed by atoms with van der Waals surface area (Å²) in [6.07, 6.45) is 2.63. The van der Waals surface area contributed by atoms with Gasteiger partial charge in [0, 0.05) is 25.7 Å². The van der Waals surface area contributed by atoms with E-state index in [1.54, 1.807) is 6.92 Å². The van der Waals surface area contributed by atoms with Crippen molar-refractivity contribution < 1.29 is 17.9 Å². The van der Waals surface area contributed by atoms with Crippen LogP contribution in [-0.2, 0) is 19.4 Å². The molecule has 23 heavy (non-hydrogen) atoms. The van der Waals surface area contributed by atoms with Crippen LogP contribution in [0.25, 0.3) is 0 Å². The molecule has 1 saturated heterocycles. The van der Waals surface area contributed by atoms with Crippen LogP contribution < -0.4 is 5.32 Å². The summed E-state index contributed by atoms with van der Waals surface area (Å²) in [6, 6.07) is 0.242. The van der Waals surface area contributed by atoms with E-state index in [0.29, 0.717) is 18.9 Å². The average molecular weight is 349 g/mol. The van der Waals surface area contributed by atoms with E-state index in [-0.39, 0.29) is 17.7 Å². The molecular formula is C16H32N2O4S. The van der Waals surface area contributed by atoms with Gasteiger partial charge < -0.3 is 10.1 Å². The monoisotopic (exact) mass is 348 g/mol. The zero-order valence-corrected chi connectivity index (χ0v) is 15.5. The van der Waals surface area contributed by atoms with Gasteiger partial charge in [-0.1, -0.05) is 33.6 Å². The second-order valence-corrected chi connectivity index (χ2v) is 8.37. The number of sulfone groups is 1. The van der Waals surface area contributed by atoms with Gasteiger partial charge in [0.05, 0.1) is 19.0 Å². The Bertz CT molecular complexity index is 443. The first-order valence-corrected chi connectivity index (χ1v) is 10.5. The summed E-state index contributed by atoms with van der Waals surface area (Å²) >= 11 is 0. The Kier molecular flexibility index (Phi) is 9.09. The number of ether oxygens (including phenoxy) is 1. The van der Waals surface area contributed by atoms with Crippen molar-refractivity contribution in [3.63, 3.8) is 0 Å². The Hall–Kier alpha value is -0.660. The van der Waals surface area contributed by atoms with Crippen LogP contribution in [0, 0.1) is 5.92 Å². The van der Waals surface area contributed by atoms with E-state index < -0.39 is 15.6 Å². The lowest BCUT2D eigenvalue weighted by Gasteiger charge is -2.38. The minimum Gasteiger partial charge on any atom is -0.379 e. The van der Waals surface area contributed by atoms with Gasteiger partial charge in [-0.25, -0.2) is 8.42 Å². The fourth-order valence-electron chi connectivity index (χ4n) is 3.19. The number of nitrogens with zero attached hydrogens (tertiary/aromatic N) is 1. The Balaban J connectivity index is 2.60. The highest BCUT2D eigenvalue weighted by Gasteiger charge is 2.27. The van der Waals surface area contributed by atoms with E-state index in [0.717, 1.165) is 39.1 Å². The molecule has 0 aromatic heterocycles. The molecule has 0 spiro atoms. The van der Waals surface area contributed by atoms with Crippen LogP contribution in [-0.4, -0.2) is 69.6 Å². The summed E-state index contributed by atoms with van der Waals surface area (Å²) < 4.78 is 28.9. The maximum Gasteiger partial charge on any atom is 0.235 e. The topological polar surface area (TPSA) is 75.7 Å². The van der Waals surface area contributed by atoms with Gasteiger partial charge in [0.25, 0.3) is 0 Å². The molecule has 1 unspecified atom stereocenters. The third-order valence-corrected chi connectivity index (χ3v) is 6.21. The number of amides is 1. The molecule has 0 bridgehead atoms. The Morgan fingerprint density at radius 1 is 1.17 bits per heavy atom. The van der Waals surface area contributed by atoms with E-state index in [1.165, 1.54) is 0 Å². The van der Waals surface area contributed by atoms with Crippen molar-refractivity contribution in [2.75, 3.05) is 44.4 Å². The maximum absolute atomic E-state index is 12.0. The first kappa shape index (κ1) is 20.4. The molecule has 0 aromatic rings. The second-order valence-electron chi connectivity index (χ2n) is 6.19. The quantitative estimate of drug-likeness (QED) is 0.639. The summed E-state index contributed by atoms with van der Waals surface area (Å²) in [5.74, 6) is -0.234. The average Bonchev–Trinajstić information content (AvgIpc) is 2.51. The third-order valence-electron chi connectivity index (χ3n) is 4.48. The molecule has 1 heterocycles. The molecular weight excluding hydrogens is 316 g/mol. The SMILES string of the molecule is CCCS(=O)(=O)CC(=O)NCC(C(CC)CC)N1CCOCC1. The lowest BCUT2D eigenvalue weighted by Crippen LogP contribution is -2.52. The van der Waals surface area contributed by atoms with Gasteiger partial charge in [-0.3, -0.25) is 9.69 Å². The number of nitrogens with one attached hydrogen (secondary N) is 1. The summed E-state index contributed by atoms with van der Waals surface area (Å²) in [5.41, 5.74) is 0. The second kappa shape index (κ2) is 10.3. The smallest absolute Gasteiger partial charge is 0.235 e. The van der Waals surface area contributed by atoms with Crippen molar-refractivity contribution in [3.8, 4) is 0 Å². The molecule has 0 saturated carbocycles. The van der Waals surface area contributed by atoms with Gasteiger partial charge in [0.15, 0.2) is 9.84 Å². The molecule has 136 valence electrons. The van der Waals surface area contributed by atoms with Gasteiger partial charge in [0.2, 0.25) is 5.91 Å².